The maximum atomic E-state index is 13.0. The molecular formula is C24H29ClN2O5. The Labute approximate surface area is 193 Å². The number of carbonyl (C=O) groups is 2. The number of nitrogens with zero attached hydrogens (tertiary/aromatic N) is 2. The van der Waals surface area contributed by atoms with E-state index in [4.69, 9.17) is 20.8 Å². The summed E-state index contributed by atoms with van der Waals surface area (Å²) in [5.74, 6) is -0.780. The Bertz CT molecular complexity index is 982. The van der Waals surface area contributed by atoms with Crippen LogP contribution < -0.4 is 4.74 Å². The number of likely N-dealkylation sites (tertiary alicyclic amines) is 1. The van der Waals surface area contributed by atoms with E-state index in [9.17, 15) is 14.7 Å². The lowest BCUT2D eigenvalue weighted by atomic mass is 9.99. The van der Waals surface area contributed by atoms with Crippen molar-refractivity contribution in [2.45, 2.75) is 33.2 Å². The quantitative estimate of drug-likeness (QED) is 0.319. The fourth-order valence-corrected chi connectivity index (χ4v) is 4.17. The van der Waals surface area contributed by atoms with Gasteiger partial charge in [-0.25, -0.2) is 0 Å². The number of aliphatic hydroxyl groups excluding tert-OH is 1. The molecule has 1 fully saturated rings. The van der Waals surface area contributed by atoms with Crippen LogP contribution in [0.1, 0.15) is 44.6 Å². The van der Waals surface area contributed by atoms with E-state index in [1.54, 1.807) is 24.3 Å². The van der Waals surface area contributed by atoms with Gasteiger partial charge in [-0.05, 0) is 63.3 Å². The summed E-state index contributed by atoms with van der Waals surface area (Å²) >= 11 is 6.27. The molecular weight excluding hydrogens is 432 g/mol. The molecule has 1 saturated heterocycles. The lowest BCUT2D eigenvalue weighted by molar-refractivity contribution is -0.140. The van der Waals surface area contributed by atoms with Gasteiger partial charge in [0.2, 0.25) is 0 Å². The standard InChI is InChI=1S/C24H29ClN2O5/c1-4-26(5-2)12-8-13-27-21(19-9-7-14-32-19)20(23(29)24(27)30)22(28)16-10-11-18(31-6-3)17(25)15-16/h7,9-11,14-15,21,28H,4-6,8,12-13H2,1-3H3/t21-/m0/s1. The van der Waals surface area contributed by atoms with Crippen LogP contribution in [0.15, 0.2) is 46.6 Å². The summed E-state index contributed by atoms with van der Waals surface area (Å²) in [6.07, 6.45) is 2.18. The van der Waals surface area contributed by atoms with Crippen molar-refractivity contribution in [2.75, 3.05) is 32.8 Å². The predicted molar refractivity (Wildman–Crippen MR) is 123 cm³/mol. The molecule has 0 saturated carbocycles. The van der Waals surface area contributed by atoms with Crippen molar-refractivity contribution in [1.82, 2.24) is 9.80 Å². The van der Waals surface area contributed by atoms with Gasteiger partial charge in [0, 0.05) is 12.1 Å². The van der Waals surface area contributed by atoms with E-state index in [1.807, 2.05) is 6.92 Å². The molecule has 1 aromatic heterocycles. The minimum atomic E-state index is -0.799. The highest BCUT2D eigenvalue weighted by Crippen LogP contribution is 2.40. The van der Waals surface area contributed by atoms with Crippen LogP contribution in [0.2, 0.25) is 5.02 Å². The zero-order chi connectivity index (χ0) is 23.3. The number of halogens is 1. The molecule has 2 aromatic rings. The topological polar surface area (TPSA) is 83.2 Å². The molecule has 2 heterocycles. The number of carbonyl (C=O) groups excluding carboxylic acids is 2. The maximum absolute atomic E-state index is 13.0. The molecule has 1 aliphatic rings. The van der Waals surface area contributed by atoms with Crippen LogP contribution >= 0.6 is 11.6 Å². The summed E-state index contributed by atoms with van der Waals surface area (Å²) in [5, 5.41) is 11.4. The first-order valence-corrected chi connectivity index (χ1v) is 11.3. The van der Waals surface area contributed by atoms with E-state index in [-0.39, 0.29) is 11.3 Å². The second-order valence-corrected chi connectivity index (χ2v) is 7.87. The van der Waals surface area contributed by atoms with Crippen molar-refractivity contribution in [3.63, 3.8) is 0 Å². The molecule has 0 bridgehead atoms. The molecule has 0 aliphatic carbocycles. The number of aliphatic hydroxyl groups is 1. The Morgan fingerprint density at radius 2 is 1.97 bits per heavy atom. The van der Waals surface area contributed by atoms with Gasteiger partial charge in [-0.1, -0.05) is 25.4 Å². The summed E-state index contributed by atoms with van der Waals surface area (Å²) in [6, 6.07) is 7.36. The molecule has 8 heteroatoms. The fraction of sp³-hybridized carbons (Fsp3) is 0.417. The van der Waals surface area contributed by atoms with E-state index in [0.29, 0.717) is 41.7 Å². The average Bonchev–Trinajstić information content (AvgIpc) is 3.40. The summed E-state index contributed by atoms with van der Waals surface area (Å²) in [7, 11) is 0. The van der Waals surface area contributed by atoms with Crippen molar-refractivity contribution >= 4 is 29.1 Å². The Hall–Kier alpha value is -2.77. The fourth-order valence-electron chi connectivity index (χ4n) is 3.93. The Morgan fingerprint density at radius 1 is 1.22 bits per heavy atom. The van der Waals surface area contributed by atoms with Gasteiger partial charge in [0.1, 0.15) is 23.3 Å². The Morgan fingerprint density at radius 3 is 2.56 bits per heavy atom. The third-order valence-electron chi connectivity index (χ3n) is 5.63. The molecule has 1 atom stereocenters. The SMILES string of the molecule is CCOc1ccc(C(O)=C2C(=O)C(=O)N(CCCN(CC)CC)[C@H]2c2ccco2)cc1Cl. The first-order chi connectivity index (χ1) is 15.4. The molecule has 3 rings (SSSR count). The van der Waals surface area contributed by atoms with E-state index < -0.39 is 17.7 Å². The number of ether oxygens (including phenoxy) is 1. The number of Topliss-reactive ketones (excluding diaryl/α,β-unsaturated/α-hetero) is 1. The van der Waals surface area contributed by atoms with Crippen LogP contribution in [0.25, 0.3) is 5.76 Å². The van der Waals surface area contributed by atoms with E-state index in [2.05, 4.69) is 18.7 Å². The summed E-state index contributed by atoms with van der Waals surface area (Å²) < 4.78 is 11.0. The molecule has 0 radical (unpaired) electrons. The van der Waals surface area contributed by atoms with Crippen LogP contribution in [-0.2, 0) is 9.59 Å². The van der Waals surface area contributed by atoms with Crippen molar-refractivity contribution < 1.29 is 23.8 Å². The predicted octanol–water partition coefficient (Wildman–Crippen LogP) is 4.49. The monoisotopic (exact) mass is 460 g/mol. The molecule has 32 heavy (non-hydrogen) atoms. The van der Waals surface area contributed by atoms with Crippen LogP contribution in [0, 0.1) is 0 Å². The van der Waals surface area contributed by atoms with Crippen molar-refractivity contribution in [1.29, 1.82) is 0 Å². The zero-order valence-electron chi connectivity index (χ0n) is 18.6. The Balaban J connectivity index is 1.97. The lowest BCUT2D eigenvalue weighted by Gasteiger charge is -2.25. The van der Waals surface area contributed by atoms with Crippen molar-refractivity contribution in [3.8, 4) is 5.75 Å². The third-order valence-corrected chi connectivity index (χ3v) is 5.92. The smallest absolute Gasteiger partial charge is 0.295 e. The van der Waals surface area contributed by atoms with Gasteiger partial charge in [0.15, 0.2) is 0 Å². The lowest BCUT2D eigenvalue weighted by Crippen LogP contribution is -2.33. The molecule has 7 nitrogen and oxygen atoms in total. The number of hydrogen-bond acceptors (Lipinski definition) is 6. The van der Waals surface area contributed by atoms with Gasteiger partial charge in [-0.3, -0.25) is 9.59 Å². The second kappa shape index (κ2) is 10.7. The number of ketones is 1. The number of amides is 1. The largest absolute Gasteiger partial charge is 0.507 e. The Kier molecular flexibility index (Phi) is 7.99. The van der Waals surface area contributed by atoms with Gasteiger partial charge in [0.05, 0.1) is 23.5 Å². The second-order valence-electron chi connectivity index (χ2n) is 7.47. The number of benzene rings is 1. The van der Waals surface area contributed by atoms with Crippen LogP contribution in [-0.4, -0.2) is 59.4 Å². The third kappa shape index (κ3) is 4.84. The number of rotatable bonds is 10. The highest BCUT2D eigenvalue weighted by atomic mass is 35.5. The van der Waals surface area contributed by atoms with E-state index in [0.717, 1.165) is 19.6 Å². The molecule has 1 aliphatic heterocycles. The number of furan rings is 1. The molecule has 1 N–H and O–H groups in total. The molecule has 0 unspecified atom stereocenters. The molecule has 172 valence electrons. The van der Waals surface area contributed by atoms with E-state index >= 15 is 0 Å². The first-order valence-electron chi connectivity index (χ1n) is 10.9. The van der Waals surface area contributed by atoms with Gasteiger partial charge >= 0.3 is 0 Å². The van der Waals surface area contributed by atoms with E-state index in [1.165, 1.54) is 17.2 Å². The van der Waals surface area contributed by atoms with Gasteiger partial charge in [-0.2, -0.15) is 0 Å². The number of hydrogen-bond donors (Lipinski definition) is 1. The van der Waals surface area contributed by atoms with Crippen molar-refractivity contribution in [2.24, 2.45) is 0 Å². The normalized spacial score (nSPS) is 18.0. The highest BCUT2D eigenvalue weighted by Gasteiger charge is 2.47. The average molecular weight is 461 g/mol. The summed E-state index contributed by atoms with van der Waals surface area (Å²) in [4.78, 5) is 29.6. The minimum absolute atomic E-state index is 0.00647. The summed E-state index contributed by atoms with van der Waals surface area (Å²) in [5.41, 5.74) is 0.323. The minimum Gasteiger partial charge on any atom is -0.507 e. The van der Waals surface area contributed by atoms with Crippen LogP contribution in [0.3, 0.4) is 0 Å². The maximum Gasteiger partial charge on any atom is 0.295 e. The molecule has 1 aromatic carbocycles. The highest BCUT2D eigenvalue weighted by molar-refractivity contribution is 6.46. The summed E-state index contributed by atoms with van der Waals surface area (Å²) in [6.45, 7) is 9.45. The van der Waals surface area contributed by atoms with Crippen LogP contribution in [0.4, 0.5) is 0 Å². The zero-order valence-corrected chi connectivity index (χ0v) is 19.4. The molecule has 0 spiro atoms. The van der Waals surface area contributed by atoms with Gasteiger partial charge in [0.25, 0.3) is 11.7 Å². The van der Waals surface area contributed by atoms with Gasteiger partial charge in [-0.15, -0.1) is 0 Å². The first kappa shape index (κ1) is 23.9. The van der Waals surface area contributed by atoms with Crippen molar-refractivity contribution in [3.05, 3.63) is 58.5 Å². The molecule has 1 amide bonds. The van der Waals surface area contributed by atoms with Gasteiger partial charge < -0.3 is 24.1 Å². The van der Waals surface area contributed by atoms with Crippen LogP contribution in [0.5, 0.6) is 5.75 Å².